The molecule has 0 bridgehead atoms. The summed E-state index contributed by atoms with van der Waals surface area (Å²) in [7, 11) is 0. The van der Waals surface area contributed by atoms with Gasteiger partial charge in [0.1, 0.15) is 0 Å². The highest BCUT2D eigenvalue weighted by atomic mass is 32.2. The van der Waals surface area contributed by atoms with Crippen molar-refractivity contribution in [3.8, 4) is 0 Å². The summed E-state index contributed by atoms with van der Waals surface area (Å²) in [6, 6.07) is 13.8. The number of nitrogens with one attached hydrogen (secondary N) is 3. The molecule has 1 aromatic carbocycles. The average Bonchev–Trinajstić information content (AvgIpc) is 3.73. The van der Waals surface area contributed by atoms with E-state index in [0.29, 0.717) is 22.9 Å². The standard InChI is InChI=1S/C27H30N10OS/c1-18-15-23(35-34-18)30-25-31-26(37-13-11-36(12-14-37)17-19-3-2-10-28-16-19)33-27(32-25)39-22-8-6-21(7-9-22)29-24(38)20-4-5-20/h2-3,6-10,15-16,20H,4-5,11-14,17H2,1H3,(H,29,38)(H2,30,31,32,33,34,35). The fourth-order valence-electron chi connectivity index (χ4n) is 4.34. The van der Waals surface area contributed by atoms with Gasteiger partial charge in [-0.1, -0.05) is 6.07 Å². The lowest BCUT2D eigenvalue weighted by Crippen LogP contribution is -2.46. The first-order valence-corrected chi connectivity index (χ1v) is 13.9. The number of aromatic amines is 1. The van der Waals surface area contributed by atoms with Gasteiger partial charge in [0, 0.05) is 73.4 Å². The topological polar surface area (TPSA) is 128 Å². The number of benzene rings is 1. The summed E-state index contributed by atoms with van der Waals surface area (Å²) in [5.74, 6) is 2.00. The van der Waals surface area contributed by atoms with Crippen molar-refractivity contribution in [1.82, 2.24) is 35.0 Å². The number of nitrogens with zero attached hydrogens (tertiary/aromatic N) is 7. The van der Waals surface area contributed by atoms with Crippen molar-refractivity contribution in [3.05, 3.63) is 66.1 Å². The Bertz CT molecular complexity index is 1420. The van der Waals surface area contributed by atoms with Crippen molar-refractivity contribution >= 4 is 41.1 Å². The van der Waals surface area contributed by atoms with Crippen LogP contribution in [0.1, 0.15) is 24.1 Å². The third-order valence-corrected chi connectivity index (χ3v) is 7.49. The average molecular weight is 543 g/mol. The molecule has 200 valence electrons. The van der Waals surface area contributed by atoms with Crippen LogP contribution in [0.15, 0.2) is 64.9 Å². The molecule has 2 fully saturated rings. The molecule has 0 unspecified atom stereocenters. The van der Waals surface area contributed by atoms with Gasteiger partial charge in [0.05, 0.1) is 0 Å². The summed E-state index contributed by atoms with van der Waals surface area (Å²) >= 11 is 1.46. The first-order chi connectivity index (χ1) is 19.1. The third-order valence-electron chi connectivity index (χ3n) is 6.61. The zero-order valence-corrected chi connectivity index (χ0v) is 22.5. The maximum Gasteiger partial charge on any atom is 0.234 e. The molecule has 3 aromatic heterocycles. The Labute approximate surface area is 230 Å². The van der Waals surface area contributed by atoms with E-state index < -0.39 is 0 Å². The Morgan fingerprint density at radius 1 is 1.08 bits per heavy atom. The molecule has 4 aromatic rings. The highest BCUT2D eigenvalue weighted by molar-refractivity contribution is 7.99. The Hall–Kier alpha value is -4.03. The normalized spacial score (nSPS) is 15.8. The van der Waals surface area contributed by atoms with Crippen LogP contribution >= 0.6 is 11.8 Å². The minimum Gasteiger partial charge on any atom is -0.338 e. The van der Waals surface area contributed by atoms with Gasteiger partial charge >= 0.3 is 0 Å². The fraction of sp³-hybridized carbons (Fsp3) is 0.333. The van der Waals surface area contributed by atoms with Gasteiger partial charge in [0.2, 0.25) is 17.8 Å². The second-order valence-corrected chi connectivity index (χ2v) is 10.9. The van der Waals surface area contributed by atoms with E-state index in [-0.39, 0.29) is 11.8 Å². The van der Waals surface area contributed by atoms with Crippen molar-refractivity contribution in [2.75, 3.05) is 41.7 Å². The fourth-order valence-corrected chi connectivity index (χ4v) is 5.09. The largest absolute Gasteiger partial charge is 0.338 e. The van der Waals surface area contributed by atoms with Crippen LogP contribution in [0, 0.1) is 12.8 Å². The molecule has 4 heterocycles. The number of aryl methyl sites for hydroxylation is 1. The quantitative estimate of drug-likeness (QED) is 0.287. The number of aromatic nitrogens is 6. The molecule has 2 aliphatic rings. The van der Waals surface area contributed by atoms with Gasteiger partial charge < -0.3 is 15.5 Å². The van der Waals surface area contributed by atoms with Crippen LogP contribution in [0.4, 0.5) is 23.4 Å². The highest BCUT2D eigenvalue weighted by Crippen LogP contribution is 2.31. The molecular weight excluding hydrogens is 512 g/mol. The minimum absolute atomic E-state index is 0.0994. The van der Waals surface area contributed by atoms with Crippen LogP contribution in [0.25, 0.3) is 0 Å². The maximum atomic E-state index is 12.1. The van der Waals surface area contributed by atoms with Gasteiger partial charge in [-0.15, -0.1) is 0 Å². The first kappa shape index (κ1) is 25.3. The predicted octanol–water partition coefficient (Wildman–Crippen LogP) is 3.86. The van der Waals surface area contributed by atoms with Gasteiger partial charge in [0.15, 0.2) is 11.0 Å². The van der Waals surface area contributed by atoms with E-state index in [2.05, 4.69) is 46.7 Å². The number of rotatable bonds is 9. The number of carbonyl (C=O) groups is 1. The van der Waals surface area contributed by atoms with Gasteiger partial charge in [-0.3, -0.25) is 19.8 Å². The van der Waals surface area contributed by atoms with Gasteiger partial charge in [-0.05, 0) is 67.4 Å². The second-order valence-electron chi connectivity index (χ2n) is 9.82. The van der Waals surface area contributed by atoms with Crippen molar-refractivity contribution in [3.63, 3.8) is 0 Å². The van der Waals surface area contributed by atoms with Crippen LogP contribution in [0.2, 0.25) is 0 Å². The van der Waals surface area contributed by atoms with E-state index in [1.807, 2.05) is 49.5 Å². The molecule has 1 aliphatic heterocycles. The molecule has 39 heavy (non-hydrogen) atoms. The summed E-state index contributed by atoms with van der Waals surface area (Å²) in [5.41, 5.74) is 2.96. The van der Waals surface area contributed by atoms with Gasteiger partial charge in [-0.25, -0.2) is 0 Å². The van der Waals surface area contributed by atoms with E-state index in [1.165, 1.54) is 17.3 Å². The smallest absolute Gasteiger partial charge is 0.234 e. The molecule has 0 atom stereocenters. The number of pyridine rings is 1. The molecule has 11 nitrogen and oxygen atoms in total. The molecule has 3 N–H and O–H groups in total. The number of piperazine rings is 1. The maximum absolute atomic E-state index is 12.1. The molecule has 0 spiro atoms. The number of hydrogen-bond acceptors (Lipinski definition) is 10. The Balaban J connectivity index is 1.16. The number of carbonyl (C=O) groups excluding carboxylic acids is 1. The summed E-state index contributed by atoms with van der Waals surface area (Å²) in [5, 5.41) is 14.0. The summed E-state index contributed by atoms with van der Waals surface area (Å²) < 4.78 is 0. The zero-order chi connectivity index (χ0) is 26.6. The van der Waals surface area contributed by atoms with E-state index >= 15 is 0 Å². The zero-order valence-electron chi connectivity index (χ0n) is 21.7. The first-order valence-electron chi connectivity index (χ1n) is 13.1. The molecule has 0 radical (unpaired) electrons. The monoisotopic (exact) mass is 542 g/mol. The minimum atomic E-state index is 0.0994. The van der Waals surface area contributed by atoms with Crippen LogP contribution < -0.4 is 15.5 Å². The van der Waals surface area contributed by atoms with Crippen molar-refractivity contribution < 1.29 is 4.79 Å². The third kappa shape index (κ3) is 6.70. The predicted molar refractivity (Wildman–Crippen MR) is 150 cm³/mol. The molecule has 1 saturated carbocycles. The molecule has 1 saturated heterocycles. The van der Waals surface area contributed by atoms with E-state index in [4.69, 9.17) is 9.97 Å². The van der Waals surface area contributed by atoms with Crippen LogP contribution in [-0.4, -0.2) is 67.1 Å². The molecule has 1 amide bonds. The summed E-state index contributed by atoms with van der Waals surface area (Å²) in [6.45, 7) is 6.24. The van der Waals surface area contributed by atoms with Crippen molar-refractivity contribution in [1.29, 1.82) is 0 Å². The van der Waals surface area contributed by atoms with Crippen molar-refractivity contribution in [2.24, 2.45) is 5.92 Å². The van der Waals surface area contributed by atoms with Crippen LogP contribution in [0.3, 0.4) is 0 Å². The molecule has 1 aliphatic carbocycles. The lowest BCUT2D eigenvalue weighted by Gasteiger charge is -2.34. The Morgan fingerprint density at radius 3 is 2.59 bits per heavy atom. The van der Waals surface area contributed by atoms with Crippen LogP contribution in [-0.2, 0) is 11.3 Å². The number of H-pyrrole nitrogens is 1. The summed E-state index contributed by atoms with van der Waals surface area (Å²) in [4.78, 5) is 36.1. The van der Waals surface area contributed by atoms with Gasteiger partial charge in [-0.2, -0.15) is 20.1 Å². The SMILES string of the molecule is Cc1cc(Nc2nc(Sc3ccc(NC(=O)C4CC4)cc3)nc(N3CCN(Cc4cccnc4)CC3)n2)n[nH]1. The van der Waals surface area contributed by atoms with Crippen LogP contribution in [0.5, 0.6) is 0 Å². The Morgan fingerprint density at radius 2 is 1.90 bits per heavy atom. The van der Waals surface area contributed by atoms with Crippen molar-refractivity contribution in [2.45, 2.75) is 36.4 Å². The van der Waals surface area contributed by atoms with E-state index in [9.17, 15) is 4.79 Å². The number of amides is 1. The second kappa shape index (κ2) is 11.4. The lowest BCUT2D eigenvalue weighted by molar-refractivity contribution is -0.117. The lowest BCUT2D eigenvalue weighted by atomic mass is 10.2. The molecular formula is C27H30N10OS. The molecule has 6 rings (SSSR count). The van der Waals surface area contributed by atoms with E-state index in [1.54, 1.807) is 6.20 Å². The van der Waals surface area contributed by atoms with Gasteiger partial charge in [0.25, 0.3) is 0 Å². The number of anilines is 4. The Kier molecular flexibility index (Phi) is 7.37. The van der Waals surface area contributed by atoms with E-state index in [0.717, 1.165) is 61.8 Å². The highest BCUT2D eigenvalue weighted by Gasteiger charge is 2.29. The molecule has 12 heteroatoms. The number of hydrogen-bond donors (Lipinski definition) is 3. The summed E-state index contributed by atoms with van der Waals surface area (Å²) in [6.07, 6.45) is 5.68.